The molecule has 0 aromatic carbocycles. The lowest BCUT2D eigenvalue weighted by Gasteiger charge is -2.23. The van der Waals surface area contributed by atoms with Crippen LogP contribution < -0.4 is 11.1 Å². The number of amides is 1. The third kappa shape index (κ3) is 4.78. The van der Waals surface area contributed by atoms with Crippen molar-refractivity contribution in [2.24, 2.45) is 12.8 Å². The maximum absolute atomic E-state index is 13.7. The van der Waals surface area contributed by atoms with Gasteiger partial charge in [0.1, 0.15) is 6.17 Å². The second-order valence-corrected chi connectivity index (χ2v) is 5.63. The number of carbonyl (C=O) groups excluding carboxylic acids is 1. The number of nitrogens with two attached hydrogens (primary N) is 1. The number of hydrogen-bond donors (Lipinski definition) is 2. The van der Waals surface area contributed by atoms with E-state index in [9.17, 15) is 9.18 Å². The van der Waals surface area contributed by atoms with E-state index in [0.29, 0.717) is 45.4 Å². The Morgan fingerprint density at radius 1 is 1.62 bits per heavy atom. The Morgan fingerprint density at radius 2 is 2.43 bits per heavy atom. The Morgan fingerprint density at radius 3 is 3.10 bits per heavy atom. The molecule has 1 amide bonds. The molecule has 1 aliphatic heterocycles. The van der Waals surface area contributed by atoms with Gasteiger partial charge in [0.15, 0.2) is 0 Å². The van der Waals surface area contributed by atoms with E-state index in [1.165, 1.54) is 0 Å². The molecule has 3 N–H and O–H groups in total. The highest BCUT2D eigenvalue weighted by Crippen LogP contribution is 2.22. The van der Waals surface area contributed by atoms with E-state index in [4.69, 9.17) is 5.73 Å². The molecule has 2 atom stereocenters. The van der Waals surface area contributed by atoms with E-state index >= 15 is 0 Å². The molecule has 0 spiro atoms. The fraction of sp³-hybridized carbons (Fsp3) is 0.714. The maximum Gasteiger partial charge on any atom is 0.220 e. The average Bonchev–Trinajstić information content (AvgIpc) is 3.00. The van der Waals surface area contributed by atoms with Gasteiger partial charge in [-0.2, -0.15) is 5.10 Å². The Hall–Kier alpha value is -1.47. The Labute approximate surface area is 124 Å². The monoisotopic (exact) mass is 297 g/mol. The number of alkyl halides is 1. The Kier molecular flexibility index (Phi) is 5.69. The van der Waals surface area contributed by atoms with Gasteiger partial charge in [-0.1, -0.05) is 0 Å². The van der Waals surface area contributed by atoms with Crippen molar-refractivity contribution in [3.05, 3.63) is 18.0 Å². The molecule has 6 nitrogen and oxygen atoms in total. The van der Waals surface area contributed by atoms with Crippen LogP contribution in [0.15, 0.2) is 12.4 Å². The van der Waals surface area contributed by atoms with Crippen molar-refractivity contribution in [3.8, 4) is 0 Å². The quantitative estimate of drug-likeness (QED) is 0.753. The van der Waals surface area contributed by atoms with Gasteiger partial charge in [-0.3, -0.25) is 14.4 Å². The number of likely N-dealkylation sites (tertiary alicyclic amines) is 1. The summed E-state index contributed by atoms with van der Waals surface area (Å²) in [5.41, 5.74) is 6.44. The number of carbonyl (C=O) groups is 1. The van der Waals surface area contributed by atoms with Crippen LogP contribution in [0, 0.1) is 0 Å². The summed E-state index contributed by atoms with van der Waals surface area (Å²) in [6, 6.07) is 0.0435. The molecule has 0 bridgehead atoms. The number of halogens is 1. The molecule has 1 aromatic rings. The summed E-state index contributed by atoms with van der Waals surface area (Å²) in [4.78, 5) is 13.7. The van der Waals surface area contributed by atoms with Crippen molar-refractivity contribution < 1.29 is 9.18 Å². The number of nitrogens with zero attached hydrogens (tertiary/aromatic N) is 3. The highest BCUT2D eigenvalue weighted by Gasteiger charge is 2.32. The standard InChI is InChI=1S/C14H24FN5O/c1-19-8-11(6-18-19)9-20-10-12(15)5-13(20)7-17-14(21)3-2-4-16/h6,8,12-13H,2-5,7,9-10,16H2,1H3,(H,17,21)/t12-,13-/m0/s1. The van der Waals surface area contributed by atoms with Gasteiger partial charge in [-0.05, 0) is 19.4 Å². The predicted molar refractivity (Wildman–Crippen MR) is 78.2 cm³/mol. The summed E-state index contributed by atoms with van der Waals surface area (Å²) in [6.45, 7) is 2.08. The first-order valence-electron chi connectivity index (χ1n) is 7.41. The second-order valence-electron chi connectivity index (χ2n) is 5.63. The normalized spacial score (nSPS) is 22.6. The molecule has 0 saturated carbocycles. The first-order valence-corrected chi connectivity index (χ1v) is 7.41. The van der Waals surface area contributed by atoms with Crippen LogP contribution in [0.5, 0.6) is 0 Å². The van der Waals surface area contributed by atoms with Crippen LogP contribution in [0.3, 0.4) is 0 Å². The number of nitrogens with one attached hydrogen (secondary N) is 1. The smallest absolute Gasteiger partial charge is 0.220 e. The zero-order valence-corrected chi connectivity index (χ0v) is 12.5. The molecule has 0 unspecified atom stereocenters. The number of aryl methyl sites for hydroxylation is 1. The summed E-state index contributed by atoms with van der Waals surface area (Å²) in [7, 11) is 1.86. The summed E-state index contributed by atoms with van der Waals surface area (Å²) < 4.78 is 15.4. The summed E-state index contributed by atoms with van der Waals surface area (Å²) >= 11 is 0. The molecule has 1 aliphatic rings. The van der Waals surface area contributed by atoms with E-state index in [0.717, 1.165) is 5.56 Å². The van der Waals surface area contributed by atoms with Crippen LogP contribution >= 0.6 is 0 Å². The Balaban J connectivity index is 1.83. The summed E-state index contributed by atoms with van der Waals surface area (Å²) in [5.74, 6) is -0.0101. The van der Waals surface area contributed by atoms with E-state index in [2.05, 4.69) is 15.3 Å². The number of hydrogen-bond acceptors (Lipinski definition) is 4. The van der Waals surface area contributed by atoms with Crippen LogP contribution in [-0.4, -0.2) is 52.4 Å². The molecule has 1 aromatic heterocycles. The minimum absolute atomic E-state index is 0.0101. The van der Waals surface area contributed by atoms with Crippen LogP contribution in [-0.2, 0) is 18.4 Å². The lowest BCUT2D eigenvalue weighted by molar-refractivity contribution is -0.121. The molecular weight excluding hydrogens is 273 g/mol. The van der Waals surface area contributed by atoms with Crippen molar-refractivity contribution in [2.75, 3.05) is 19.6 Å². The van der Waals surface area contributed by atoms with Gasteiger partial charge in [-0.25, -0.2) is 4.39 Å². The third-order valence-electron chi connectivity index (χ3n) is 3.76. The van der Waals surface area contributed by atoms with Gasteiger partial charge < -0.3 is 11.1 Å². The number of rotatable bonds is 7. The van der Waals surface area contributed by atoms with Gasteiger partial charge >= 0.3 is 0 Å². The minimum Gasteiger partial charge on any atom is -0.355 e. The maximum atomic E-state index is 13.7. The zero-order chi connectivity index (χ0) is 15.2. The molecule has 1 fully saturated rings. The molecule has 2 heterocycles. The molecule has 7 heteroatoms. The lowest BCUT2D eigenvalue weighted by Crippen LogP contribution is -2.39. The van der Waals surface area contributed by atoms with E-state index in [1.807, 2.05) is 13.2 Å². The fourth-order valence-electron chi connectivity index (χ4n) is 2.70. The summed E-state index contributed by atoms with van der Waals surface area (Å²) in [5, 5.41) is 7.00. The fourth-order valence-corrected chi connectivity index (χ4v) is 2.70. The van der Waals surface area contributed by atoms with E-state index < -0.39 is 6.17 Å². The topological polar surface area (TPSA) is 76.2 Å². The van der Waals surface area contributed by atoms with Crippen molar-refractivity contribution in [2.45, 2.75) is 38.0 Å². The van der Waals surface area contributed by atoms with Crippen LogP contribution in [0.2, 0.25) is 0 Å². The van der Waals surface area contributed by atoms with Gasteiger partial charge in [0.2, 0.25) is 5.91 Å². The Bertz CT molecular complexity index is 464. The highest BCUT2D eigenvalue weighted by molar-refractivity contribution is 5.75. The van der Waals surface area contributed by atoms with E-state index in [1.54, 1.807) is 10.9 Å². The second kappa shape index (κ2) is 7.51. The molecule has 118 valence electrons. The third-order valence-corrected chi connectivity index (χ3v) is 3.76. The van der Waals surface area contributed by atoms with Crippen LogP contribution in [0.1, 0.15) is 24.8 Å². The zero-order valence-electron chi connectivity index (χ0n) is 12.5. The average molecular weight is 297 g/mol. The van der Waals surface area contributed by atoms with Crippen molar-refractivity contribution in [1.29, 1.82) is 0 Å². The van der Waals surface area contributed by atoms with Gasteiger partial charge in [0.25, 0.3) is 0 Å². The van der Waals surface area contributed by atoms with Gasteiger partial charge in [-0.15, -0.1) is 0 Å². The largest absolute Gasteiger partial charge is 0.355 e. The van der Waals surface area contributed by atoms with Crippen molar-refractivity contribution in [1.82, 2.24) is 20.0 Å². The lowest BCUT2D eigenvalue weighted by atomic mass is 10.2. The van der Waals surface area contributed by atoms with Gasteiger partial charge in [0.05, 0.1) is 6.20 Å². The summed E-state index contributed by atoms with van der Waals surface area (Å²) in [6.07, 6.45) is 4.49. The minimum atomic E-state index is -0.826. The predicted octanol–water partition coefficient (Wildman–Crippen LogP) is 0.188. The molecular formula is C14H24FN5O. The highest BCUT2D eigenvalue weighted by atomic mass is 19.1. The molecule has 2 rings (SSSR count). The first kappa shape index (κ1) is 15.9. The molecule has 1 saturated heterocycles. The van der Waals surface area contributed by atoms with Crippen molar-refractivity contribution in [3.63, 3.8) is 0 Å². The molecule has 0 radical (unpaired) electrons. The number of aromatic nitrogens is 2. The molecule has 21 heavy (non-hydrogen) atoms. The SMILES string of the molecule is Cn1cc(CN2C[C@@H](F)C[C@H]2CNC(=O)CCCN)cn1. The first-order chi connectivity index (χ1) is 10.1. The van der Waals surface area contributed by atoms with Crippen LogP contribution in [0.4, 0.5) is 4.39 Å². The molecule has 0 aliphatic carbocycles. The van der Waals surface area contributed by atoms with Crippen molar-refractivity contribution >= 4 is 5.91 Å². The van der Waals surface area contributed by atoms with E-state index in [-0.39, 0.29) is 11.9 Å². The van der Waals surface area contributed by atoms with Gasteiger partial charge in [0, 0.05) is 50.9 Å². The van der Waals surface area contributed by atoms with Crippen LogP contribution in [0.25, 0.3) is 0 Å².